The second-order valence-electron chi connectivity index (χ2n) is 15.9. The summed E-state index contributed by atoms with van der Waals surface area (Å²) in [6.45, 7) is 7.57. The summed E-state index contributed by atoms with van der Waals surface area (Å²) >= 11 is 0. The van der Waals surface area contributed by atoms with Crippen LogP contribution < -0.4 is 0 Å². The van der Waals surface area contributed by atoms with Gasteiger partial charge in [-0.1, -0.05) is 117 Å². The van der Waals surface area contributed by atoms with E-state index in [0.29, 0.717) is 12.3 Å². The molecule has 306 valence electrons. The number of hydrogen-bond donors (Lipinski definition) is 6. The summed E-state index contributed by atoms with van der Waals surface area (Å²) in [6.07, 6.45) is 9.44. The zero-order valence-corrected chi connectivity index (χ0v) is 32.6. The maximum Gasteiger partial charge on any atom is 0.306 e. The van der Waals surface area contributed by atoms with Crippen molar-refractivity contribution in [2.45, 2.75) is 230 Å². The molecule has 3 fully saturated rings. The van der Waals surface area contributed by atoms with Crippen LogP contribution in [0, 0.1) is 11.8 Å². The molecule has 0 aliphatic carbocycles. The number of esters is 1. The number of hydrogen-bond acceptors (Lipinski definition) is 12. The molecular formula is C40H74O12. The summed E-state index contributed by atoms with van der Waals surface area (Å²) in [5.74, 6) is 0.693. The average molecular weight is 747 g/mol. The van der Waals surface area contributed by atoms with Crippen molar-refractivity contribution in [2.75, 3.05) is 6.61 Å². The largest absolute Gasteiger partial charge is 0.462 e. The van der Waals surface area contributed by atoms with Gasteiger partial charge in [-0.25, -0.2) is 0 Å². The van der Waals surface area contributed by atoms with E-state index in [1.807, 2.05) is 0 Å². The molecule has 3 rings (SSSR count). The van der Waals surface area contributed by atoms with Crippen molar-refractivity contribution in [2.24, 2.45) is 11.8 Å². The fourth-order valence-electron chi connectivity index (χ4n) is 7.73. The maximum atomic E-state index is 11.7. The molecule has 12 nitrogen and oxygen atoms in total. The third-order valence-electron chi connectivity index (χ3n) is 11.7. The van der Waals surface area contributed by atoms with Crippen LogP contribution in [-0.4, -0.2) is 117 Å². The molecule has 6 N–H and O–H groups in total. The van der Waals surface area contributed by atoms with E-state index in [0.717, 1.165) is 51.4 Å². The molecule has 0 saturated carbocycles. The fraction of sp³-hybridized carbons (Fsp3) is 0.975. The number of ether oxygens (including phenoxy) is 5. The predicted octanol–water partition coefficient (Wildman–Crippen LogP) is 5.04. The summed E-state index contributed by atoms with van der Waals surface area (Å²) in [6, 6.07) is 0. The topological polar surface area (TPSA) is 185 Å². The van der Waals surface area contributed by atoms with E-state index in [2.05, 4.69) is 20.8 Å². The van der Waals surface area contributed by atoms with Crippen LogP contribution in [0.25, 0.3) is 0 Å². The van der Waals surface area contributed by atoms with Crippen LogP contribution in [0.2, 0.25) is 0 Å². The predicted molar refractivity (Wildman–Crippen MR) is 196 cm³/mol. The lowest BCUT2D eigenvalue weighted by Crippen LogP contribution is -2.61. The summed E-state index contributed by atoms with van der Waals surface area (Å²) in [5.41, 5.74) is 0. The van der Waals surface area contributed by atoms with Gasteiger partial charge in [0.2, 0.25) is 0 Å². The molecule has 0 radical (unpaired) electrons. The zero-order valence-electron chi connectivity index (χ0n) is 32.6. The van der Waals surface area contributed by atoms with Crippen molar-refractivity contribution in [3.63, 3.8) is 0 Å². The Hall–Kier alpha value is -0.930. The Balaban J connectivity index is 1.23. The summed E-state index contributed by atoms with van der Waals surface area (Å²) < 4.78 is 28.7. The standard InChI is InChI=1S/C40H74O12/c1-5-26(3)30(51-40-38(47)36(45)34(43)31(52-40)25-48-39-37(46)35(44)33(42)27(4)49-39)22-20-18-16-14-12-10-8-7-9-11-13-15-17-19-21-29-23-28(6-2)24-32(41)50-29/h26-31,33-40,42-47H,5-25H2,1-4H3/t26?,27-,28?,29?,30?,31+,33-,34+,35+,36-,37+,38+,39+,40-/m0/s1. The number of carbonyl (C=O) groups excluding carboxylic acids is 1. The van der Waals surface area contributed by atoms with Gasteiger partial charge in [0, 0.05) is 6.42 Å². The van der Waals surface area contributed by atoms with E-state index in [1.165, 1.54) is 77.6 Å². The van der Waals surface area contributed by atoms with Crippen molar-refractivity contribution in [1.29, 1.82) is 0 Å². The molecule has 0 aromatic rings. The van der Waals surface area contributed by atoms with Crippen LogP contribution in [-0.2, 0) is 28.5 Å². The molecule has 0 aromatic heterocycles. The van der Waals surface area contributed by atoms with Gasteiger partial charge in [-0.2, -0.15) is 0 Å². The van der Waals surface area contributed by atoms with E-state index < -0.39 is 61.4 Å². The van der Waals surface area contributed by atoms with Gasteiger partial charge in [0.25, 0.3) is 0 Å². The Morgan fingerprint density at radius 3 is 1.81 bits per heavy atom. The maximum absolute atomic E-state index is 11.7. The lowest BCUT2D eigenvalue weighted by atomic mass is 9.90. The molecule has 0 amide bonds. The van der Waals surface area contributed by atoms with Gasteiger partial charge in [-0.15, -0.1) is 0 Å². The highest BCUT2D eigenvalue weighted by Crippen LogP contribution is 2.30. The van der Waals surface area contributed by atoms with Gasteiger partial charge in [0.1, 0.15) is 48.8 Å². The Labute approximate surface area is 312 Å². The van der Waals surface area contributed by atoms with E-state index in [1.54, 1.807) is 0 Å². The van der Waals surface area contributed by atoms with E-state index >= 15 is 0 Å². The molecule has 3 aliphatic heterocycles. The first-order valence-corrected chi connectivity index (χ1v) is 20.8. The minimum absolute atomic E-state index is 0.00545. The molecule has 3 heterocycles. The Morgan fingerprint density at radius 1 is 0.692 bits per heavy atom. The van der Waals surface area contributed by atoms with Crippen LogP contribution in [0.1, 0.15) is 156 Å². The van der Waals surface area contributed by atoms with Crippen molar-refractivity contribution in [1.82, 2.24) is 0 Å². The average Bonchev–Trinajstić information content (AvgIpc) is 3.13. The minimum atomic E-state index is -1.53. The second-order valence-corrected chi connectivity index (χ2v) is 15.9. The molecule has 0 bridgehead atoms. The first-order valence-electron chi connectivity index (χ1n) is 20.8. The van der Waals surface area contributed by atoms with E-state index in [9.17, 15) is 35.4 Å². The fourth-order valence-corrected chi connectivity index (χ4v) is 7.73. The molecule has 3 aliphatic rings. The van der Waals surface area contributed by atoms with Gasteiger partial charge >= 0.3 is 5.97 Å². The third kappa shape index (κ3) is 15.0. The number of cyclic esters (lactones) is 1. The third-order valence-corrected chi connectivity index (χ3v) is 11.7. The highest BCUT2D eigenvalue weighted by atomic mass is 16.7. The normalized spacial score (nSPS) is 35.3. The first-order chi connectivity index (χ1) is 25.0. The van der Waals surface area contributed by atoms with Crippen LogP contribution in [0.3, 0.4) is 0 Å². The molecule has 52 heavy (non-hydrogen) atoms. The van der Waals surface area contributed by atoms with Crippen LogP contribution in [0.15, 0.2) is 0 Å². The van der Waals surface area contributed by atoms with Gasteiger partial charge in [0.15, 0.2) is 12.6 Å². The minimum Gasteiger partial charge on any atom is -0.462 e. The monoisotopic (exact) mass is 747 g/mol. The quantitative estimate of drug-likeness (QED) is 0.0541. The van der Waals surface area contributed by atoms with Crippen LogP contribution in [0.4, 0.5) is 0 Å². The second kappa shape index (κ2) is 24.6. The lowest BCUT2D eigenvalue weighted by molar-refractivity contribution is -0.335. The van der Waals surface area contributed by atoms with Crippen molar-refractivity contribution in [3.05, 3.63) is 0 Å². The summed E-state index contributed by atoms with van der Waals surface area (Å²) in [5, 5.41) is 62.2. The molecule has 4 unspecified atom stereocenters. The molecular weight excluding hydrogens is 672 g/mol. The first kappa shape index (κ1) is 45.5. The Bertz CT molecular complexity index is 956. The van der Waals surface area contributed by atoms with Crippen molar-refractivity contribution < 1.29 is 59.1 Å². The van der Waals surface area contributed by atoms with Gasteiger partial charge in [0.05, 0.1) is 18.8 Å². The zero-order chi connectivity index (χ0) is 38.0. The highest BCUT2D eigenvalue weighted by molar-refractivity contribution is 5.70. The summed E-state index contributed by atoms with van der Waals surface area (Å²) in [4.78, 5) is 11.7. The summed E-state index contributed by atoms with van der Waals surface area (Å²) in [7, 11) is 0. The Kier molecular flexibility index (Phi) is 21.5. The van der Waals surface area contributed by atoms with Gasteiger partial charge < -0.3 is 54.3 Å². The van der Waals surface area contributed by atoms with E-state index in [-0.39, 0.29) is 30.7 Å². The molecule has 0 spiro atoms. The van der Waals surface area contributed by atoms with Crippen molar-refractivity contribution >= 4 is 5.97 Å². The Morgan fingerprint density at radius 2 is 1.23 bits per heavy atom. The van der Waals surface area contributed by atoms with E-state index in [4.69, 9.17) is 23.7 Å². The smallest absolute Gasteiger partial charge is 0.306 e. The number of rotatable bonds is 25. The highest BCUT2D eigenvalue weighted by Gasteiger charge is 2.47. The lowest BCUT2D eigenvalue weighted by Gasteiger charge is -2.43. The van der Waals surface area contributed by atoms with Gasteiger partial charge in [-0.3, -0.25) is 4.79 Å². The molecule has 14 atom stereocenters. The molecule has 0 aromatic carbocycles. The molecule has 12 heteroatoms. The number of aliphatic hydroxyl groups is 6. The number of aliphatic hydroxyl groups excluding tert-OH is 6. The van der Waals surface area contributed by atoms with Crippen LogP contribution >= 0.6 is 0 Å². The number of carbonyl (C=O) groups is 1. The number of unbranched alkanes of at least 4 members (excludes halogenated alkanes) is 13. The SMILES string of the molecule is CCC1CC(=O)OC(CCCCCCCCCCCCCCCCC(O[C@H]2O[C@H](CO[C@@H]3O[C@@H](C)[C@H](O)[C@@H](O)[C@H]3O)[C@@H](O)[C@H](O)[C@H]2O)C(C)CC)C1. The molecule has 3 saturated heterocycles. The van der Waals surface area contributed by atoms with Crippen molar-refractivity contribution in [3.8, 4) is 0 Å². The van der Waals surface area contributed by atoms with Crippen LogP contribution in [0.5, 0.6) is 0 Å². The van der Waals surface area contributed by atoms with Gasteiger partial charge in [-0.05, 0) is 44.4 Å².